The summed E-state index contributed by atoms with van der Waals surface area (Å²) in [4.78, 5) is 36.8. The average Bonchev–Trinajstić information content (AvgIpc) is 2.71. The maximum absolute atomic E-state index is 12.3. The van der Waals surface area contributed by atoms with E-state index in [1.165, 1.54) is 18.9 Å². The van der Waals surface area contributed by atoms with Crippen LogP contribution in [0.4, 0.5) is 5.69 Å². The molecular weight excluding hydrogens is 366 g/mol. The van der Waals surface area contributed by atoms with Gasteiger partial charge in [-0.25, -0.2) is 4.79 Å². The topological polar surface area (TPSA) is 81.7 Å². The van der Waals surface area contributed by atoms with E-state index in [4.69, 9.17) is 9.47 Å². The lowest BCUT2D eigenvalue weighted by atomic mass is 10.1. The average molecular weight is 387 g/mol. The van der Waals surface area contributed by atoms with Gasteiger partial charge in [-0.2, -0.15) is 0 Å². The van der Waals surface area contributed by atoms with Crippen LogP contribution >= 0.6 is 11.8 Å². The molecule has 0 bridgehead atoms. The van der Waals surface area contributed by atoms with Gasteiger partial charge in [-0.15, -0.1) is 11.8 Å². The van der Waals surface area contributed by atoms with Crippen molar-refractivity contribution < 1.29 is 23.9 Å². The molecule has 2 aromatic carbocycles. The number of carbonyl (C=O) groups is 3. The van der Waals surface area contributed by atoms with Gasteiger partial charge >= 0.3 is 5.97 Å². The monoisotopic (exact) mass is 387 g/mol. The number of hydrogen-bond donors (Lipinski definition) is 1. The predicted octanol–water partition coefficient (Wildman–Crippen LogP) is 3.81. The first-order chi connectivity index (χ1) is 13.0. The summed E-state index contributed by atoms with van der Waals surface area (Å²) >= 11 is 1.53. The van der Waals surface area contributed by atoms with Crippen LogP contribution in [0.25, 0.3) is 0 Å². The van der Waals surface area contributed by atoms with E-state index >= 15 is 0 Å². The molecule has 1 amide bonds. The zero-order valence-corrected chi connectivity index (χ0v) is 16.2. The Morgan fingerprint density at radius 3 is 2.37 bits per heavy atom. The van der Waals surface area contributed by atoms with Crippen molar-refractivity contribution in [2.24, 2.45) is 0 Å². The van der Waals surface area contributed by atoms with Crippen molar-refractivity contribution in [2.75, 3.05) is 25.3 Å². The highest BCUT2D eigenvalue weighted by Crippen LogP contribution is 2.26. The van der Waals surface area contributed by atoms with Gasteiger partial charge in [0.1, 0.15) is 11.3 Å². The van der Waals surface area contributed by atoms with Crippen LogP contribution in [-0.4, -0.2) is 37.6 Å². The lowest BCUT2D eigenvalue weighted by molar-refractivity contribution is -0.115. The second kappa shape index (κ2) is 9.78. The van der Waals surface area contributed by atoms with Crippen LogP contribution in [0.15, 0.2) is 47.4 Å². The van der Waals surface area contributed by atoms with Crippen LogP contribution in [0.3, 0.4) is 0 Å². The SMILES string of the molecule is CCC(=O)Nc1ccc(C(=O)COC(=O)c2ccc(SC)cc2OC)cc1. The van der Waals surface area contributed by atoms with E-state index in [2.05, 4.69) is 5.32 Å². The first kappa shape index (κ1) is 20.5. The van der Waals surface area contributed by atoms with Crippen molar-refractivity contribution in [3.05, 3.63) is 53.6 Å². The molecule has 0 heterocycles. The van der Waals surface area contributed by atoms with Crippen molar-refractivity contribution in [2.45, 2.75) is 18.2 Å². The lowest BCUT2D eigenvalue weighted by Gasteiger charge is -2.10. The van der Waals surface area contributed by atoms with E-state index in [1.807, 2.05) is 6.26 Å². The minimum absolute atomic E-state index is 0.107. The second-order valence-corrected chi connectivity index (χ2v) is 6.42. The van der Waals surface area contributed by atoms with Crippen molar-refractivity contribution in [3.8, 4) is 5.75 Å². The van der Waals surface area contributed by atoms with E-state index in [-0.39, 0.29) is 23.9 Å². The van der Waals surface area contributed by atoms with Gasteiger partial charge in [0.2, 0.25) is 5.91 Å². The molecule has 2 aromatic rings. The molecule has 0 saturated carbocycles. The van der Waals surface area contributed by atoms with Crippen LogP contribution in [0.2, 0.25) is 0 Å². The third-order valence-electron chi connectivity index (χ3n) is 3.77. The first-order valence-electron chi connectivity index (χ1n) is 8.30. The van der Waals surface area contributed by atoms with Gasteiger partial charge in [0.15, 0.2) is 12.4 Å². The standard InChI is InChI=1S/C20H21NO5S/c1-4-19(23)21-14-7-5-13(6-8-14)17(22)12-26-20(24)16-10-9-15(27-3)11-18(16)25-2/h5-11H,4,12H2,1-3H3,(H,21,23). The summed E-state index contributed by atoms with van der Waals surface area (Å²) in [6.45, 7) is 1.37. The molecule has 0 radical (unpaired) electrons. The van der Waals surface area contributed by atoms with Crippen molar-refractivity contribution >= 4 is 35.1 Å². The largest absolute Gasteiger partial charge is 0.496 e. The number of amides is 1. The van der Waals surface area contributed by atoms with Crippen molar-refractivity contribution in [1.82, 2.24) is 0 Å². The van der Waals surface area contributed by atoms with E-state index in [1.54, 1.807) is 49.4 Å². The molecule has 7 heteroatoms. The highest BCUT2D eigenvalue weighted by Gasteiger charge is 2.16. The molecule has 0 aromatic heterocycles. The molecule has 2 rings (SSSR count). The summed E-state index contributed by atoms with van der Waals surface area (Å²) < 4.78 is 10.3. The van der Waals surface area contributed by atoms with Crippen LogP contribution < -0.4 is 10.1 Å². The molecule has 0 aliphatic rings. The number of ether oxygens (including phenoxy) is 2. The Labute approximate surface area is 162 Å². The second-order valence-electron chi connectivity index (χ2n) is 5.54. The molecule has 0 atom stereocenters. The molecular formula is C20H21NO5S. The Morgan fingerprint density at radius 2 is 1.78 bits per heavy atom. The quantitative estimate of drug-likeness (QED) is 0.421. The maximum Gasteiger partial charge on any atom is 0.342 e. The normalized spacial score (nSPS) is 10.2. The third kappa shape index (κ3) is 5.59. The summed E-state index contributed by atoms with van der Waals surface area (Å²) in [6, 6.07) is 11.6. The summed E-state index contributed by atoms with van der Waals surface area (Å²) in [5, 5.41) is 2.70. The van der Waals surface area contributed by atoms with Gasteiger partial charge in [-0.3, -0.25) is 9.59 Å². The van der Waals surface area contributed by atoms with Crippen LogP contribution in [-0.2, 0) is 9.53 Å². The highest BCUT2D eigenvalue weighted by molar-refractivity contribution is 7.98. The number of ketones is 1. The Kier molecular flexibility index (Phi) is 7.43. The lowest BCUT2D eigenvalue weighted by Crippen LogP contribution is -2.15. The van der Waals surface area contributed by atoms with Gasteiger partial charge < -0.3 is 14.8 Å². The van der Waals surface area contributed by atoms with Crippen molar-refractivity contribution in [1.29, 1.82) is 0 Å². The number of carbonyl (C=O) groups excluding carboxylic acids is 3. The number of thioether (sulfide) groups is 1. The Balaban J connectivity index is 1.98. The van der Waals surface area contributed by atoms with Crippen LogP contribution in [0.1, 0.15) is 34.1 Å². The van der Waals surface area contributed by atoms with Gasteiger partial charge in [-0.05, 0) is 48.7 Å². The molecule has 0 spiro atoms. The van der Waals surface area contributed by atoms with E-state index in [0.717, 1.165) is 4.90 Å². The molecule has 0 saturated heterocycles. The zero-order valence-electron chi connectivity index (χ0n) is 15.4. The number of esters is 1. The number of Topliss-reactive ketones (excluding diaryl/α,β-unsaturated/α-hetero) is 1. The van der Waals surface area contributed by atoms with Gasteiger partial charge in [0, 0.05) is 22.6 Å². The molecule has 6 nitrogen and oxygen atoms in total. The number of anilines is 1. The minimum atomic E-state index is -0.625. The molecule has 0 aliphatic heterocycles. The fourth-order valence-electron chi connectivity index (χ4n) is 2.25. The molecule has 0 aliphatic carbocycles. The minimum Gasteiger partial charge on any atom is -0.496 e. The van der Waals surface area contributed by atoms with Gasteiger partial charge in [0.05, 0.1) is 7.11 Å². The van der Waals surface area contributed by atoms with Gasteiger partial charge in [-0.1, -0.05) is 6.92 Å². The number of hydrogen-bond acceptors (Lipinski definition) is 6. The van der Waals surface area contributed by atoms with E-state index in [0.29, 0.717) is 23.4 Å². The van der Waals surface area contributed by atoms with E-state index in [9.17, 15) is 14.4 Å². The molecule has 142 valence electrons. The highest BCUT2D eigenvalue weighted by atomic mass is 32.2. The van der Waals surface area contributed by atoms with Gasteiger partial charge in [0.25, 0.3) is 0 Å². The molecule has 0 fully saturated rings. The third-order valence-corrected chi connectivity index (χ3v) is 4.50. The molecule has 0 unspecified atom stereocenters. The summed E-state index contributed by atoms with van der Waals surface area (Å²) in [5.74, 6) is -0.670. The summed E-state index contributed by atoms with van der Waals surface area (Å²) in [5.41, 5.74) is 1.26. The first-order valence-corrected chi connectivity index (χ1v) is 9.53. The molecule has 27 heavy (non-hydrogen) atoms. The fraction of sp³-hybridized carbons (Fsp3) is 0.250. The summed E-state index contributed by atoms with van der Waals surface area (Å²) in [7, 11) is 1.47. The summed E-state index contributed by atoms with van der Waals surface area (Å²) in [6.07, 6.45) is 2.29. The number of nitrogens with one attached hydrogen (secondary N) is 1. The number of methoxy groups -OCH3 is 1. The smallest absolute Gasteiger partial charge is 0.342 e. The fourth-order valence-corrected chi connectivity index (χ4v) is 2.68. The number of benzene rings is 2. The van der Waals surface area contributed by atoms with Crippen LogP contribution in [0, 0.1) is 0 Å². The maximum atomic E-state index is 12.3. The van der Waals surface area contributed by atoms with E-state index < -0.39 is 5.97 Å². The van der Waals surface area contributed by atoms with Crippen LogP contribution in [0.5, 0.6) is 5.75 Å². The molecule has 1 N–H and O–H groups in total. The Bertz CT molecular complexity index is 833. The Hall–Kier alpha value is -2.80. The predicted molar refractivity (Wildman–Crippen MR) is 105 cm³/mol. The Morgan fingerprint density at radius 1 is 1.07 bits per heavy atom. The zero-order chi connectivity index (χ0) is 19.8. The number of rotatable bonds is 8. The van der Waals surface area contributed by atoms with Crippen molar-refractivity contribution in [3.63, 3.8) is 0 Å².